The van der Waals surface area contributed by atoms with Crippen LogP contribution >= 0.6 is 0 Å². The molecule has 1 amide bonds. The molecule has 0 heterocycles. The van der Waals surface area contributed by atoms with Gasteiger partial charge >= 0.3 is 16.3 Å². The molecular formula is C13H16N2O5S. The monoisotopic (exact) mass is 312 g/mol. The number of aliphatic hydroxyl groups excluding tert-OH is 1. The topological polar surface area (TPSA) is 105 Å². The van der Waals surface area contributed by atoms with Crippen molar-refractivity contribution in [3.05, 3.63) is 35.4 Å². The quantitative estimate of drug-likeness (QED) is 0.669. The van der Waals surface area contributed by atoms with Gasteiger partial charge < -0.3 is 9.84 Å². The highest BCUT2D eigenvalue weighted by atomic mass is 32.2. The molecule has 0 spiro atoms. The lowest BCUT2D eigenvalue weighted by Gasteiger charge is -2.08. The van der Waals surface area contributed by atoms with E-state index < -0.39 is 16.3 Å². The first kappa shape index (κ1) is 17.0. The van der Waals surface area contributed by atoms with Crippen molar-refractivity contribution in [2.75, 3.05) is 13.2 Å². The fourth-order valence-corrected chi connectivity index (χ4v) is 2.04. The van der Waals surface area contributed by atoms with Crippen molar-refractivity contribution in [2.45, 2.75) is 13.5 Å². The maximum absolute atomic E-state index is 11.5. The van der Waals surface area contributed by atoms with Crippen molar-refractivity contribution in [1.29, 1.82) is 0 Å². The van der Waals surface area contributed by atoms with Crippen LogP contribution in [0.5, 0.6) is 0 Å². The Bertz CT molecular complexity index is 629. The number of benzene rings is 1. The van der Waals surface area contributed by atoms with Crippen LogP contribution < -0.4 is 9.44 Å². The zero-order valence-electron chi connectivity index (χ0n) is 11.4. The number of rotatable bonds is 5. The highest BCUT2D eigenvalue weighted by molar-refractivity contribution is 7.88. The van der Waals surface area contributed by atoms with Crippen molar-refractivity contribution in [1.82, 2.24) is 9.44 Å². The molecule has 0 saturated carbocycles. The number of hydrogen-bond acceptors (Lipinski definition) is 5. The zero-order valence-corrected chi connectivity index (χ0v) is 12.2. The van der Waals surface area contributed by atoms with Gasteiger partial charge in [0.2, 0.25) is 0 Å². The third-order valence-electron chi connectivity index (χ3n) is 2.23. The van der Waals surface area contributed by atoms with E-state index in [1.54, 1.807) is 35.9 Å². The number of hydrogen-bond donors (Lipinski definition) is 3. The second-order valence-corrected chi connectivity index (χ2v) is 5.30. The van der Waals surface area contributed by atoms with Gasteiger partial charge in [-0.2, -0.15) is 13.1 Å². The summed E-state index contributed by atoms with van der Waals surface area (Å²) in [6.45, 7) is 1.45. The van der Waals surface area contributed by atoms with Gasteiger partial charge in [-0.1, -0.05) is 24.0 Å². The Kier molecular flexibility index (Phi) is 6.68. The summed E-state index contributed by atoms with van der Waals surface area (Å²) >= 11 is 0. The number of carbonyl (C=O) groups excluding carboxylic acids is 1. The van der Waals surface area contributed by atoms with Crippen molar-refractivity contribution in [3.63, 3.8) is 0 Å². The highest BCUT2D eigenvalue weighted by Crippen LogP contribution is 2.03. The molecule has 0 aliphatic rings. The summed E-state index contributed by atoms with van der Waals surface area (Å²) < 4.78 is 31.5. The van der Waals surface area contributed by atoms with E-state index in [4.69, 9.17) is 5.11 Å². The van der Waals surface area contributed by atoms with E-state index in [1.807, 2.05) is 0 Å². The summed E-state index contributed by atoms with van der Waals surface area (Å²) in [5.41, 5.74) is 1.40. The van der Waals surface area contributed by atoms with Crippen molar-refractivity contribution in [3.8, 4) is 11.8 Å². The highest BCUT2D eigenvalue weighted by Gasteiger charge is 2.14. The number of carbonyl (C=O) groups is 1. The molecule has 0 radical (unpaired) electrons. The van der Waals surface area contributed by atoms with Gasteiger partial charge in [-0.3, -0.25) is 0 Å². The summed E-state index contributed by atoms with van der Waals surface area (Å²) in [4.78, 5) is 11.0. The second kappa shape index (κ2) is 8.26. The minimum Gasteiger partial charge on any atom is -0.449 e. The van der Waals surface area contributed by atoms with Crippen LogP contribution in [0.25, 0.3) is 0 Å². The van der Waals surface area contributed by atoms with E-state index in [9.17, 15) is 13.2 Å². The Labute approximate surface area is 123 Å². The minimum atomic E-state index is -3.96. The average molecular weight is 312 g/mol. The maximum Gasteiger partial charge on any atom is 0.421 e. The first-order valence-corrected chi connectivity index (χ1v) is 7.58. The van der Waals surface area contributed by atoms with Gasteiger partial charge in [0.15, 0.2) is 0 Å². The molecule has 8 heteroatoms. The molecule has 3 N–H and O–H groups in total. The normalized spacial score (nSPS) is 10.4. The van der Waals surface area contributed by atoms with Crippen LogP contribution in [-0.4, -0.2) is 32.8 Å². The largest absolute Gasteiger partial charge is 0.449 e. The van der Waals surface area contributed by atoms with Crippen LogP contribution in [0.15, 0.2) is 24.3 Å². The van der Waals surface area contributed by atoms with Crippen molar-refractivity contribution < 1.29 is 23.1 Å². The summed E-state index contributed by atoms with van der Waals surface area (Å²) in [5.74, 6) is 5.23. The van der Waals surface area contributed by atoms with E-state index in [0.29, 0.717) is 11.1 Å². The van der Waals surface area contributed by atoms with Crippen LogP contribution in [0.4, 0.5) is 4.79 Å². The molecule has 114 valence electrons. The molecule has 0 aromatic heterocycles. The molecule has 0 bridgehead atoms. The Morgan fingerprint density at radius 3 is 2.57 bits per heavy atom. The zero-order chi connectivity index (χ0) is 15.7. The first-order valence-electron chi connectivity index (χ1n) is 6.09. The lowest BCUT2D eigenvalue weighted by molar-refractivity contribution is 0.158. The Morgan fingerprint density at radius 2 is 2.00 bits per heavy atom. The van der Waals surface area contributed by atoms with Crippen molar-refractivity contribution in [2.24, 2.45) is 0 Å². The Morgan fingerprint density at radius 1 is 1.33 bits per heavy atom. The Hall–Kier alpha value is -2.08. The summed E-state index contributed by atoms with van der Waals surface area (Å²) in [7, 11) is -3.96. The van der Waals surface area contributed by atoms with Gasteiger partial charge in [0.05, 0.1) is 6.61 Å². The fraction of sp³-hybridized carbons (Fsp3) is 0.308. The van der Waals surface area contributed by atoms with Gasteiger partial charge in [0.1, 0.15) is 6.61 Å². The third-order valence-corrected chi connectivity index (χ3v) is 3.18. The van der Waals surface area contributed by atoms with Gasteiger partial charge in [-0.05, 0) is 24.6 Å². The summed E-state index contributed by atoms with van der Waals surface area (Å²) in [6.07, 6.45) is -1.03. The molecule has 21 heavy (non-hydrogen) atoms. The SMILES string of the molecule is CCOC(=O)NS(=O)(=O)NCc1ccc(C#CCO)cc1. The molecule has 1 aromatic rings. The molecule has 1 rings (SSSR count). The third kappa shape index (κ3) is 6.76. The molecular weight excluding hydrogens is 296 g/mol. The molecule has 7 nitrogen and oxygen atoms in total. The Balaban J connectivity index is 2.56. The van der Waals surface area contributed by atoms with Gasteiger partial charge in [-0.15, -0.1) is 0 Å². The van der Waals surface area contributed by atoms with Crippen molar-refractivity contribution >= 4 is 16.3 Å². The standard InChI is InChI=1S/C13H16N2O5S/c1-2-20-13(17)15-21(18,19)14-10-12-7-5-11(6-8-12)4-3-9-16/h5-8,14,16H,2,9-10H2,1H3,(H,15,17). The van der Waals surface area contributed by atoms with Gasteiger partial charge in [0, 0.05) is 12.1 Å². The average Bonchev–Trinajstić information content (AvgIpc) is 2.44. The number of amides is 1. The molecule has 0 atom stereocenters. The number of nitrogens with one attached hydrogen (secondary N) is 2. The maximum atomic E-state index is 11.5. The van der Waals surface area contributed by atoms with E-state index in [1.165, 1.54) is 0 Å². The molecule has 0 aliphatic heterocycles. The van der Waals surface area contributed by atoms with E-state index >= 15 is 0 Å². The van der Waals surface area contributed by atoms with Crippen LogP contribution in [0.3, 0.4) is 0 Å². The molecule has 0 unspecified atom stereocenters. The van der Waals surface area contributed by atoms with Crippen LogP contribution in [0.2, 0.25) is 0 Å². The van der Waals surface area contributed by atoms with Crippen LogP contribution in [0.1, 0.15) is 18.1 Å². The van der Waals surface area contributed by atoms with Gasteiger partial charge in [0.25, 0.3) is 0 Å². The predicted octanol–water partition coefficient (Wildman–Crippen LogP) is 0.111. The van der Waals surface area contributed by atoms with E-state index in [-0.39, 0.29) is 19.8 Å². The van der Waals surface area contributed by atoms with Crippen LogP contribution in [-0.2, 0) is 21.5 Å². The molecule has 0 aliphatic carbocycles. The van der Waals surface area contributed by atoms with Crippen LogP contribution in [0, 0.1) is 11.8 Å². The summed E-state index contributed by atoms with van der Waals surface area (Å²) in [6, 6.07) is 6.78. The van der Waals surface area contributed by atoms with E-state index in [2.05, 4.69) is 21.3 Å². The summed E-state index contributed by atoms with van der Waals surface area (Å²) in [5, 5.41) is 8.57. The number of aliphatic hydroxyl groups is 1. The molecule has 1 aromatic carbocycles. The molecule has 0 saturated heterocycles. The lowest BCUT2D eigenvalue weighted by Crippen LogP contribution is -2.40. The van der Waals surface area contributed by atoms with Gasteiger partial charge in [-0.25, -0.2) is 9.52 Å². The molecule has 0 fully saturated rings. The first-order chi connectivity index (χ1) is 9.96. The number of ether oxygens (including phenoxy) is 1. The second-order valence-electron chi connectivity index (χ2n) is 3.80. The van der Waals surface area contributed by atoms with E-state index in [0.717, 1.165) is 0 Å². The fourth-order valence-electron chi connectivity index (χ4n) is 1.33. The predicted molar refractivity (Wildman–Crippen MR) is 76.3 cm³/mol. The minimum absolute atomic E-state index is 0.0163. The lowest BCUT2D eigenvalue weighted by atomic mass is 10.1. The smallest absolute Gasteiger partial charge is 0.421 e.